The topological polar surface area (TPSA) is 124 Å². The van der Waals surface area contributed by atoms with E-state index in [-0.39, 0.29) is 17.5 Å². The molecule has 1 aliphatic heterocycles. The molecular weight excluding hydrogens is 392 g/mol. The van der Waals surface area contributed by atoms with Gasteiger partial charge in [-0.15, -0.1) is 5.10 Å². The van der Waals surface area contributed by atoms with Crippen LogP contribution in [0.4, 0.5) is 0 Å². The number of nitriles is 1. The second-order valence-corrected chi connectivity index (χ2v) is 7.20. The lowest BCUT2D eigenvalue weighted by Crippen LogP contribution is -2.26. The van der Waals surface area contributed by atoms with Gasteiger partial charge < -0.3 is 15.2 Å². The van der Waals surface area contributed by atoms with Gasteiger partial charge in [-0.3, -0.25) is 9.59 Å². The molecule has 29 heavy (non-hydrogen) atoms. The van der Waals surface area contributed by atoms with E-state index in [9.17, 15) is 9.59 Å². The quantitative estimate of drug-likeness (QED) is 0.536. The number of rotatable bonds is 7. The molecule has 146 valence electrons. The van der Waals surface area contributed by atoms with Crippen molar-refractivity contribution in [1.82, 2.24) is 5.32 Å². The number of nitrogens with one attached hydrogen (secondary N) is 1. The third-order valence-electron chi connectivity index (χ3n) is 3.84. The summed E-state index contributed by atoms with van der Waals surface area (Å²) in [6.07, 6.45) is 1.25. The molecule has 8 nitrogen and oxygen atoms in total. The SMILES string of the molecule is N#Cc1ccc(COc2cccc(C=NN=C3NC(=O)C(CC(=O)O)S3)c2)cc1. The molecule has 1 aliphatic rings. The molecule has 0 spiro atoms. The first-order valence-electron chi connectivity index (χ1n) is 8.56. The molecule has 0 aliphatic carbocycles. The lowest BCUT2D eigenvalue weighted by Gasteiger charge is -2.06. The summed E-state index contributed by atoms with van der Waals surface area (Å²) in [5.41, 5.74) is 2.29. The number of hydrogen-bond donors (Lipinski definition) is 2. The maximum absolute atomic E-state index is 11.7. The molecule has 1 amide bonds. The van der Waals surface area contributed by atoms with Crippen LogP contribution in [-0.2, 0) is 16.2 Å². The summed E-state index contributed by atoms with van der Waals surface area (Å²) < 4.78 is 5.75. The average Bonchev–Trinajstić information content (AvgIpc) is 3.05. The number of thioether (sulfide) groups is 1. The van der Waals surface area contributed by atoms with E-state index < -0.39 is 11.2 Å². The first kappa shape index (κ1) is 20.1. The molecule has 1 saturated heterocycles. The van der Waals surface area contributed by atoms with Crippen molar-refractivity contribution >= 4 is 35.0 Å². The smallest absolute Gasteiger partial charge is 0.305 e. The normalized spacial score (nSPS) is 17.3. The van der Waals surface area contributed by atoms with E-state index >= 15 is 0 Å². The number of carboxylic acid groups (broad SMARTS) is 1. The van der Waals surface area contributed by atoms with E-state index in [1.54, 1.807) is 18.2 Å². The molecule has 0 saturated carbocycles. The number of carbonyl (C=O) groups excluding carboxylic acids is 1. The molecule has 0 bridgehead atoms. The van der Waals surface area contributed by atoms with Crippen molar-refractivity contribution in [3.05, 3.63) is 65.2 Å². The number of aliphatic carboxylic acids is 1. The largest absolute Gasteiger partial charge is 0.489 e. The summed E-state index contributed by atoms with van der Waals surface area (Å²) in [6.45, 7) is 0.363. The van der Waals surface area contributed by atoms with Gasteiger partial charge >= 0.3 is 5.97 Å². The fourth-order valence-electron chi connectivity index (χ4n) is 2.42. The summed E-state index contributed by atoms with van der Waals surface area (Å²) >= 11 is 1.04. The number of nitrogens with zero attached hydrogens (tertiary/aromatic N) is 3. The minimum absolute atomic E-state index is 0.266. The van der Waals surface area contributed by atoms with Crippen LogP contribution < -0.4 is 10.1 Å². The zero-order chi connectivity index (χ0) is 20.6. The number of amidine groups is 1. The van der Waals surface area contributed by atoms with Crippen LogP contribution in [0.15, 0.2) is 58.7 Å². The van der Waals surface area contributed by atoms with E-state index in [1.807, 2.05) is 30.3 Å². The Morgan fingerprint density at radius 2 is 2.10 bits per heavy atom. The lowest BCUT2D eigenvalue weighted by molar-refractivity contribution is -0.138. The van der Waals surface area contributed by atoms with Crippen molar-refractivity contribution in [2.75, 3.05) is 0 Å². The predicted molar refractivity (Wildman–Crippen MR) is 109 cm³/mol. The van der Waals surface area contributed by atoms with Crippen LogP contribution in [0.2, 0.25) is 0 Å². The third-order valence-corrected chi connectivity index (χ3v) is 4.91. The number of carboxylic acids is 1. The molecule has 0 radical (unpaired) electrons. The van der Waals surface area contributed by atoms with E-state index in [0.717, 1.165) is 22.9 Å². The number of benzene rings is 2. The van der Waals surface area contributed by atoms with Crippen LogP contribution >= 0.6 is 11.8 Å². The number of ether oxygens (including phenoxy) is 1. The summed E-state index contributed by atoms with van der Waals surface area (Å²) in [6, 6.07) is 16.5. The molecular formula is C20H16N4O4S. The number of carbonyl (C=O) groups is 2. The summed E-state index contributed by atoms with van der Waals surface area (Å²) in [5, 5.41) is 27.5. The fraction of sp³-hybridized carbons (Fsp3) is 0.150. The van der Waals surface area contributed by atoms with E-state index in [2.05, 4.69) is 21.6 Å². The van der Waals surface area contributed by atoms with Crippen LogP contribution in [0, 0.1) is 11.3 Å². The van der Waals surface area contributed by atoms with Crippen LogP contribution in [0.3, 0.4) is 0 Å². The van der Waals surface area contributed by atoms with Gasteiger partial charge in [-0.2, -0.15) is 10.4 Å². The van der Waals surface area contributed by atoms with Crippen LogP contribution in [0.5, 0.6) is 5.75 Å². The Bertz CT molecular complexity index is 1010. The van der Waals surface area contributed by atoms with Gasteiger partial charge in [0.1, 0.15) is 17.6 Å². The highest BCUT2D eigenvalue weighted by atomic mass is 32.2. The Balaban J connectivity index is 1.57. The zero-order valence-electron chi connectivity index (χ0n) is 15.1. The van der Waals surface area contributed by atoms with E-state index in [1.165, 1.54) is 6.21 Å². The second-order valence-electron chi connectivity index (χ2n) is 6.01. The first-order chi connectivity index (χ1) is 14.0. The Hall–Kier alpha value is -3.64. The van der Waals surface area contributed by atoms with Gasteiger partial charge in [-0.1, -0.05) is 36.0 Å². The number of amides is 1. The Morgan fingerprint density at radius 3 is 2.83 bits per heavy atom. The summed E-state index contributed by atoms with van der Waals surface area (Å²) in [7, 11) is 0. The molecule has 2 N–H and O–H groups in total. The van der Waals surface area contributed by atoms with Gasteiger partial charge in [0, 0.05) is 0 Å². The Kier molecular flexibility index (Phi) is 6.60. The van der Waals surface area contributed by atoms with Crippen molar-refractivity contribution < 1.29 is 19.4 Å². The molecule has 9 heteroatoms. The van der Waals surface area contributed by atoms with E-state index in [0.29, 0.717) is 17.9 Å². The van der Waals surface area contributed by atoms with Crippen LogP contribution in [0.25, 0.3) is 0 Å². The van der Waals surface area contributed by atoms with Gasteiger partial charge in [0.05, 0.1) is 24.3 Å². The molecule has 0 aromatic heterocycles. The van der Waals surface area contributed by atoms with Crippen molar-refractivity contribution in [3.63, 3.8) is 0 Å². The highest BCUT2D eigenvalue weighted by Crippen LogP contribution is 2.22. The molecule has 1 unspecified atom stereocenters. The molecule has 2 aromatic rings. The molecule has 1 atom stereocenters. The maximum Gasteiger partial charge on any atom is 0.305 e. The molecule has 2 aromatic carbocycles. The highest BCUT2D eigenvalue weighted by molar-refractivity contribution is 8.15. The minimum atomic E-state index is -1.04. The summed E-state index contributed by atoms with van der Waals surface area (Å²) in [5.74, 6) is -0.777. The maximum atomic E-state index is 11.7. The molecule has 1 fully saturated rings. The predicted octanol–water partition coefficient (Wildman–Crippen LogP) is 2.53. The van der Waals surface area contributed by atoms with Crippen molar-refractivity contribution in [2.45, 2.75) is 18.3 Å². The average molecular weight is 408 g/mol. The molecule has 1 heterocycles. The van der Waals surface area contributed by atoms with Crippen molar-refractivity contribution in [3.8, 4) is 11.8 Å². The second kappa shape index (κ2) is 9.52. The van der Waals surface area contributed by atoms with Gasteiger partial charge in [0.25, 0.3) is 0 Å². The zero-order valence-corrected chi connectivity index (χ0v) is 15.9. The van der Waals surface area contributed by atoms with E-state index in [4.69, 9.17) is 15.1 Å². The summed E-state index contributed by atoms with van der Waals surface area (Å²) in [4.78, 5) is 22.4. The Morgan fingerprint density at radius 1 is 1.31 bits per heavy atom. The van der Waals surface area contributed by atoms with Gasteiger partial charge in [0.15, 0.2) is 5.17 Å². The first-order valence-corrected chi connectivity index (χ1v) is 9.43. The number of hydrogen-bond acceptors (Lipinski definition) is 7. The minimum Gasteiger partial charge on any atom is -0.489 e. The van der Waals surface area contributed by atoms with Gasteiger partial charge in [-0.25, -0.2) is 0 Å². The third kappa shape index (κ3) is 5.92. The molecule has 3 rings (SSSR count). The van der Waals surface area contributed by atoms with Crippen LogP contribution in [0.1, 0.15) is 23.1 Å². The van der Waals surface area contributed by atoms with Gasteiger partial charge in [-0.05, 0) is 35.4 Å². The van der Waals surface area contributed by atoms with Crippen LogP contribution in [-0.4, -0.2) is 33.6 Å². The Labute approximate surface area is 170 Å². The van der Waals surface area contributed by atoms with Gasteiger partial charge in [0.2, 0.25) is 5.91 Å². The fourth-order valence-corrected chi connectivity index (χ4v) is 3.34. The van der Waals surface area contributed by atoms with Crippen molar-refractivity contribution in [1.29, 1.82) is 5.26 Å². The highest BCUT2D eigenvalue weighted by Gasteiger charge is 2.32. The lowest BCUT2D eigenvalue weighted by atomic mass is 10.1. The van der Waals surface area contributed by atoms with Crippen molar-refractivity contribution in [2.24, 2.45) is 10.2 Å². The monoisotopic (exact) mass is 408 g/mol. The standard InChI is InChI=1S/C20H16N4O4S/c21-10-13-4-6-14(7-5-13)12-28-16-3-1-2-15(8-16)11-22-24-20-23-19(27)17(29-20)9-18(25)26/h1-8,11,17H,9,12H2,(H,25,26)(H,23,24,27).